The van der Waals surface area contributed by atoms with Gasteiger partial charge in [-0.1, -0.05) is 20.8 Å². The predicted octanol–water partition coefficient (Wildman–Crippen LogP) is 0.0808. The third-order valence-corrected chi connectivity index (χ3v) is 12.7. The first kappa shape index (κ1) is 32.5. The summed E-state index contributed by atoms with van der Waals surface area (Å²) in [5.74, 6) is -2.96. The second-order valence-corrected chi connectivity index (χ2v) is 16.9. The third kappa shape index (κ3) is 8.14. The molecule has 0 bridgehead atoms. The van der Waals surface area contributed by atoms with E-state index in [-0.39, 0.29) is 24.0 Å². The Kier molecular flexibility index (Phi) is 10.5. The summed E-state index contributed by atoms with van der Waals surface area (Å²) in [5.41, 5.74) is 5.24. The SMILES string of the molecule is CC(O)C(NC(=O)[C@H]1CCN(C(=O)[C@H]2CCN(C(=O)C(NC(=O)O)C(C)O[Si](C)(C)C(C)(C)C)C2)C1)C(N)=O. The van der Waals surface area contributed by atoms with Crippen LogP contribution in [0.4, 0.5) is 4.79 Å². The Labute approximate surface area is 230 Å². The number of carbonyl (C=O) groups excluding carboxylic acids is 4. The maximum Gasteiger partial charge on any atom is 0.405 e. The van der Waals surface area contributed by atoms with Crippen molar-refractivity contribution < 1.29 is 38.6 Å². The normalized spacial score (nSPS) is 23.1. The van der Waals surface area contributed by atoms with Crippen molar-refractivity contribution in [2.24, 2.45) is 17.6 Å². The molecule has 0 spiro atoms. The molecule has 6 N–H and O–H groups in total. The smallest absolute Gasteiger partial charge is 0.405 e. The number of likely N-dealkylation sites (tertiary alicyclic amines) is 2. The molecule has 6 atom stereocenters. The Hall–Kier alpha value is -2.71. The summed E-state index contributed by atoms with van der Waals surface area (Å²) in [6.45, 7) is 14.2. The Balaban J connectivity index is 2.01. The predicted molar refractivity (Wildman–Crippen MR) is 145 cm³/mol. The van der Waals surface area contributed by atoms with Crippen LogP contribution in [0.1, 0.15) is 47.5 Å². The minimum Gasteiger partial charge on any atom is -0.465 e. The Morgan fingerprint density at radius 3 is 2.00 bits per heavy atom. The highest BCUT2D eigenvalue weighted by Crippen LogP contribution is 2.37. The molecule has 2 rings (SSSR count). The number of aliphatic hydroxyl groups excluding tert-OH is 1. The van der Waals surface area contributed by atoms with Crippen LogP contribution in [0.2, 0.25) is 18.1 Å². The highest BCUT2D eigenvalue weighted by molar-refractivity contribution is 6.74. The van der Waals surface area contributed by atoms with Crippen molar-refractivity contribution in [3.05, 3.63) is 0 Å². The second-order valence-electron chi connectivity index (χ2n) is 12.2. The van der Waals surface area contributed by atoms with Crippen LogP contribution >= 0.6 is 0 Å². The molecule has 0 radical (unpaired) electrons. The van der Waals surface area contributed by atoms with Crippen LogP contribution in [0.5, 0.6) is 0 Å². The number of nitrogens with one attached hydrogen (secondary N) is 2. The van der Waals surface area contributed by atoms with Gasteiger partial charge < -0.3 is 40.8 Å². The maximum atomic E-state index is 13.4. The monoisotopic (exact) mass is 571 g/mol. The third-order valence-electron chi connectivity index (χ3n) is 8.11. The molecule has 2 heterocycles. The fourth-order valence-corrected chi connectivity index (χ4v) is 6.13. The van der Waals surface area contributed by atoms with Crippen LogP contribution < -0.4 is 16.4 Å². The molecule has 14 heteroatoms. The summed E-state index contributed by atoms with van der Waals surface area (Å²) in [5, 5.41) is 23.7. The zero-order valence-corrected chi connectivity index (χ0v) is 25.0. The van der Waals surface area contributed by atoms with Gasteiger partial charge in [-0.25, -0.2) is 4.79 Å². The standard InChI is InChI=1S/C25H45N5O8Si/c1-14(31)18(20(26)32)27-21(33)16-8-10-29(12-16)22(34)17-9-11-30(13-17)23(35)19(28-24(36)37)15(2)38-39(6,7)25(3,4)5/h14-19,28,31H,8-13H2,1-7H3,(H2,26,32)(H,27,33)(H,36,37)/t14?,15?,16-,17-,18?,19?/m0/s1. The minimum atomic E-state index is -2.29. The fraction of sp³-hybridized carbons (Fsp3) is 0.800. The van der Waals surface area contributed by atoms with E-state index >= 15 is 0 Å². The van der Waals surface area contributed by atoms with Crippen molar-refractivity contribution in [1.29, 1.82) is 0 Å². The molecule has 222 valence electrons. The molecular weight excluding hydrogens is 526 g/mol. The molecule has 0 aromatic carbocycles. The highest BCUT2D eigenvalue weighted by atomic mass is 28.4. The number of amides is 5. The molecule has 0 aliphatic carbocycles. The van der Waals surface area contributed by atoms with Crippen LogP contribution in [0.15, 0.2) is 0 Å². The first-order chi connectivity index (χ1) is 17.9. The number of aliphatic hydroxyl groups is 1. The van der Waals surface area contributed by atoms with Gasteiger partial charge in [-0.15, -0.1) is 0 Å². The van der Waals surface area contributed by atoms with Crippen molar-refractivity contribution in [1.82, 2.24) is 20.4 Å². The number of carbonyl (C=O) groups is 5. The van der Waals surface area contributed by atoms with Gasteiger partial charge in [0.25, 0.3) is 0 Å². The van der Waals surface area contributed by atoms with Gasteiger partial charge in [0.2, 0.25) is 23.6 Å². The first-order valence-electron chi connectivity index (χ1n) is 13.4. The van der Waals surface area contributed by atoms with Crippen LogP contribution in [0.25, 0.3) is 0 Å². The quantitative estimate of drug-likeness (QED) is 0.228. The molecule has 13 nitrogen and oxygen atoms in total. The molecule has 0 saturated carbocycles. The van der Waals surface area contributed by atoms with Gasteiger partial charge in [0.05, 0.1) is 24.0 Å². The first-order valence-corrected chi connectivity index (χ1v) is 16.3. The summed E-state index contributed by atoms with van der Waals surface area (Å²) in [7, 11) is -2.29. The molecule has 0 aromatic rings. The van der Waals surface area contributed by atoms with E-state index < -0.39 is 68.3 Å². The van der Waals surface area contributed by atoms with Crippen LogP contribution in [0.3, 0.4) is 0 Å². The summed E-state index contributed by atoms with van der Waals surface area (Å²) in [6.07, 6.45) is -2.37. The number of primary amides is 1. The molecular formula is C25H45N5O8Si. The Bertz CT molecular complexity index is 953. The Morgan fingerprint density at radius 1 is 0.949 bits per heavy atom. The molecule has 2 fully saturated rings. The lowest BCUT2D eigenvalue weighted by Crippen LogP contribution is -2.57. The lowest BCUT2D eigenvalue weighted by Gasteiger charge is -2.40. The highest BCUT2D eigenvalue weighted by Gasteiger charge is 2.44. The van der Waals surface area contributed by atoms with Crippen molar-refractivity contribution in [2.45, 2.75) is 89.9 Å². The van der Waals surface area contributed by atoms with Gasteiger partial charge in [0, 0.05) is 26.2 Å². The summed E-state index contributed by atoms with van der Waals surface area (Å²) in [4.78, 5) is 65.3. The number of nitrogens with zero attached hydrogens (tertiary/aromatic N) is 2. The van der Waals surface area contributed by atoms with Crippen LogP contribution in [0, 0.1) is 11.8 Å². The number of hydrogen-bond donors (Lipinski definition) is 5. The van der Waals surface area contributed by atoms with Crippen molar-refractivity contribution in [2.75, 3.05) is 26.2 Å². The van der Waals surface area contributed by atoms with E-state index in [1.807, 2.05) is 13.1 Å². The van der Waals surface area contributed by atoms with E-state index in [0.29, 0.717) is 25.9 Å². The largest absolute Gasteiger partial charge is 0.465 e. The van der Waals surface area contributed by atoms with Gasteiger partial charge in [-0.2, -0.15) is 0 Å². The summed E-state index contributed by atoms with van der Waals surface area (Å²) < 4.78 is 6.30. The van der Waals surface area contributed by atoms with Crippen molar-refractivity contribution in [3.8, 4) is 0 Å². The maximum absolute atomic E-state index is 13.4. The molecule has 2 aliphatic heterocycles. The molecule has 4 unspecified atom stereocenters. The van der Waals surface area contributed by atoms with E-state index in [4.69, 9.17) is 10.2 Å². The van der Waals surface area contributed by atoms with E-state index in [9.17, 15) is 34.2 Å². The topological polar surface area (TPSA) is 192 Å². The summed E-state index contributed by atoms with van der Waals surface area (Å²) in [6, 6.07) is -2.33. The number of carboxylic acid groups (broad SMARTS) is 1. The second kappa shape index (κ2) is 12.6. The molecule has 2 saturated heterocycles. The lowest BCUT2D eigenvalue weighted by atomic mass is 10.1. The zero-order valence-electron chi connectivity index (χ0n) is 24.0. The molecule has 39 heavy (non-hydrogen) atoms. The number of nitrogens with two attached hydrogens (primary N) is 1. The van der Waals surface area contributed by atoms with Gasteiger partial charge >= 0.3 is 6.09 Å². The average Bonchev–Trinajstić information content (AvgIpc) is 3.48. The molecule has 0 aromatic heterocycles. The average molecular weight is 572 g/mol. The molecule has 2 aliphatic rings. The zero-order chi connectivity index (χ0) is 29.9. The van der Waals surface area contributed by atoms with Crippen molar-refractivity contribution in [3.63, 3.8) is 0 Å². The van der Waals surface area contributed by atoms with Gasteiger partial charge in [-0.3, -0.25) is 19.2 Å². The number of hydrogen-bond acceptors (Lipinski definition) is 7. The van der Waals surface area contributed by atoms with Crippen LogP contribution in [-0.2, 0) is 23.6 Å². The van der Waals surface area contributed by atoms with Gasteiger partial charge in [-0.05, 0) is 44.8 Å². The van der Waals surface area contributed by atoms with E-state index in [1.54, 1.807) is 11.8 Å². The van der Waals surface area contributed by atoms with Crippen molar-refractivity contribution >= 4 is 38.0 Å². The summed E-state index contributed by atoms with van der Waals surface area (Å²) >= 11 is 0. The lowest BCUT2D eigenvalue weighted by molar-refractivity contribution is -0.136. The van der Waals surface area contributed by atoms with E-state index in [1.165, 1.54) is 11.8 Å². The van der Waals surface area contributed by atoms with E-state index in [2.05, 4.69) is 31.4 Å². The minimum absolute atomic E-state index is 0.134. The number of rotatable bonds is 10. The van der Waals surface area contributed by atoms with E-state index in [0.717, 1.165) is 0 Å². The Morgan fingerprint density at radius 2 is 1.49 bits per heavy atom. The van der Waals surface area contributed by atoms with Gasteiger partial charge in [0.1, 0.15) is 12.1 Å². The van der Waals surface area contributed by atoms with Gasteiger partial charge in [0.15, 0.2) is 8.32 Å². The molecule has 5 amide bonds. The van der Waals surface area contributed by atoms with Crippen LogP contribution in [-0.4, -0.2) is 109 Å². The fourth-order valence-electron chi connectivity index (χ4n) is 4.71.